The second kappa shape index (κ2) is 7.91. The van der Waals surface area contributed by atoms with Gasteiger partial charge in [0.05, 0.1) is 0 Å². The zero-order valence-electron chi connectivity index (χ0n) is 7.87. The third-order valence-corrected chi connectivity index (χ3v) is 1.75. The number of hydrogen-bond acceptors (Lipinski definition) is 5. The Hall–Kier alpha value is -0.710. The molecular weight excluding hydrogens is 192 g/mol. The van der Waals surface area contributed by atoms with Crippen molar-refractivity contribution >= 4 is 23.7 Å². The van der Waals surface area contributed by atoms with Gasteiger partial charge < -0.3 is 9.47 Å². The summed E-state index contributed by atoms with van der Waals surface area (Å²) in [6, 6.07) is 0. The molecule has 0 aliphatic heterocycles. The number of rotatable bonds is 6. The van der Waals surface area contributed by atoms with E-state index >= 15 is 0 Å². The number of ether oxygens (including phenoxy) is 2. The lowest BCUT2D eigenvalue weighted by Crippen LogP contribution is -2.05. The van der Waals surface area contributed by atoms with Crippen LogP contribution in [-0.4, -0.2) is 23.8 Å². The molecule has 4 nitrogen and oxygen atoms in total. The van der Waals surface area contributed by atoms with E-state index in [-0.39, 0.29) is 23.8 Å². The van der Waals surface area contributed by atoms with E-state index in [4.69, 9.17) is 9.47 Å². The Labute approximate surface area is 82.0 Å². The van der Waals surface area contributed by atoms with Crippen LogP contribution in [0.5, 0.6) is 0 Å². The maximum atomic E-state index is 10.6. The molecule has 0 heterocycles. The van der Waals surface area contributed by atoms with Crippen LogP contribution >= 0.6 is 11.8 Å². The van der Waals surface area contributed by atoms with Gasteiger partial charge in [0, 0.05) is 12.8 Å². The fourth-order valence-electron chi connectivity index (χ4n) is 0.453. The van der Waals surface area contributed by atoms with Crippen LogP contribution in [0.15, 0.2) is 0 Å². The van der Waals surface area contributed by atoms with E-state index < -0.39 is 0 Å². The molecule has 0 amide bonds. The van der Waals surface area contributed by atoms with Crippen molar-refractivity contribution in [2.24, 2.45) is 0 Å². The highest BCUT2D eigenvalue weighted by atomic mass is 32.2. The Morgan fingerprint density at radius 1 is 1.00 bits per heavy atom. The summed E-state index contributed by atoms with van der Waals surface area (Å²) < 4.78 is 9.48. The summed E-state index contributed by atoms with van der Waals surface area (Å²) in [7, 11) is 0. The molecule has 0 aliphatic rings. The Morgan fingerprint density at radius 2 is 1.38 bits per heavy atom. The standard InChI is InChI=1S/C8H14O4S/c1-3-7(9)11-5-13-6-12-8(10)4-2/h3-6H2,1-2H3. The van der Waals surface area contributed by atoms with Gasteiger partial charge in [-0.2, -0.15) is 0 Å². The molecule has 0 atom stereocenters. The lowest BCUT2D eigenvalue weighted by Gasteiger charge is -2.03. The third kappa shape index (κ3) is 7.64. The first-order chi connectivity index (χ1) is 6.20. The van der Waals surface area contributed by atoms with Gasteiger partial charge in [0.15, 0.2) is 0 Å². The molecule has 0 saturated heterocycles. The lowest BCUT2D eigenvalue weighted by atomic mass is 10.5. The predicted molar refractivity (Wildman–Crippen MR) is 50.1 cm³/mol. The first kappa shape index (κ1) is 12.3. The number of hydrogen-bond donors (Lipinski definition) is 0. The molecule has 0 bridgehead atoms. The Balaban J connectivity index is 3.17. The van der Waals surface area contributed by atoms with Crippen LogP contribution in [0.4, 0.5) is 0 Å². The summed E-state index contributed by atoms with van der Waals surface area (Å²) in [4.78, 5) is 21.2. The average molecular weight is 206 g/mol. The van der Waals surface area contributed by atoms with Crippen molar-refractivity contribution in [1.82, 2.24) is 0 Å². The van der Waals surface area contributed by atoms with Crippen LogP contribution in [0, 0.1) is 0 Å². The molecular formula is C8H14O4S. The molecule has 0 radical (unpaired) electrons. The molecule has 0 saturated carbocycles. The van der Waals surface area contributed by atoms with Crippen molar-refractivity contribution in [2.75, 3.05) is 11.9 Å². The van der Waals surface area contributed by atoms with Crippen LogP contribution < -0.4 is 0 Å². The summed E-state index contributed by atoms with van der Waals surface area (Å²) in [5, 5.41) is 0. The summed E-state index contributed by atoms with van der Waals surface area (Å²) in [6.45, 7) is 3.45. The SMILES string of the molecule is CCC(=O)OCSCOC(=O)CC. The molecule has 0 aromatic rings. The van der Waals surface area contributed by atoms with Gasteiger partial charge >= 0.3 is 11.9 Å². The van der Waals surface area contributed by atoms with Crippen molar-refractivity contribution in [2.45, 2.75) is 26.7 Å². The van der Waals surface area contributed by atoms with Crippen LogP contribution in [0.1, 0.15) is 26.7 Å². The Kier molecular flexibility index (Phi) is 7.48. The van der Waals surface area contributed by atoms with E-state index in [2.05, 4.69) is 0 Å². The summed E-state index contributed by atoms with van der Waals surface area (Å²) >= 11 is 1.25. The monoisotopic (exact) mass is 206 g/mol. The van der Waals surface area contributed by atoms with Crippen molar-refractivity contribution in [3.8, 4) is 0 Å². The highest BCUT2D eigenvalue weighted by molar-refractivity contribution is 7.99. The fraction of sp³-hybridized carbons (Fsp3) is 0.750. The maximum Gasteiger partial charge on any atom is 0.306 e. The van der Waals surface area contributed by atoms with Gasteiger partial charge in [0.1, 0.15) is 11.9 Å². The molecule has 0 fully saturated rings. The molecule has 0 aliphatic carbocycles. The normalized spacial score (nSPS) is 9.38. The summed E-state index contributed by atoms with van der Waals surface area (Å²) in [5.41, 5.74) is 0. The van der Waals surface area contributed by atoms with Crippen molar-refractivity contribution in [1.29, 1.82) is 0 Å². The smallest absolute Gasteiger partial charge is 0.306 e. The van der Waals surface area contributed by atoms with E-state index in [1.165, 1.54) is 11.8 Å². The van der Waals surface area contributed by atoms with E-state index in [9.17, 15) is 9.59 Å². The first-order valence-corrected chi connectivity index (χ1v) is 5.25. The number of carbonyl (C=O) groups excluding carboxylic acids is 2. The van der Waals surface area contributed by atoms with E-state index in [1.54, 1.807) is 13.8 Å². The molecule has 0 spiro atoms. The predicted octanol–water partition coefficient (Wildman–Crippen LogP) is 1.54. The van der Waals surface area contributed by atoms with Gasteiger partial charge in [0.2, 0.25) is 0 Å². The zero-order chi connectivity index (χ0) is 10.1. The van der Waals surface area contributed by atoms with Gasteiger partial charge in [-0.1, -0.05) is 25.6 Å². The molecule has 0 aromatic carbocycles. The summed E-state index contributed by atoms with van der Waals surface area (Å²) in [6.07, 6.45) is 0.741. The minimum absolute atomic E-state index is 0.240. The van der Waals surface area contributed by atoms with E-state index in [0.717, 1.165) is 0 Å². The molecule has 0 rings (SSSR count). The van der Waals surface area contributed by atoms with Crippen LogP contribution in [0.2, 0.25) is 0 Å². The third-order valence-electron chi connectivity index (χ3n) is 1.18. The highest BCUT2D eigenvalue weighted by Gasteiger charge is 1.99. The Morgan fingerprint density at radius 3 is 1.69 bits per heavy atom. The van der Waals surface area contributed by atoms with Gasteiger partial charge in [-0.05, 0) is 0 Å². The van der Waals surface area contributed by atoms with E-state index in [1.807, 2.05) is 0 Å². The fourth-order valence-corrected chi connectivity index (χ4v) is 0.951. The largest absolute Gasteiger partial charge is 0.454 e. The molecule has 0 aromatic heterocycles. The minimum Gasteiger partial charge on any atom is -0.454 e. The zero-order valence-corrected chi connectivity index (χ0v) is 8.69. The topological polar surface area (TPSA) is 52.6 Å². The quantitative estimate of drug-likeness (QED) is 0.375. The summed E-state index contributed by atoms with van der Waals surface area (Å²) in [5.74, 6) is -0.00325. The average Bonchev–Trinajstić information content (AvgIpc) is 2.16. The highest BCUT2D eigenvalue weighted by Crippen LogP contribution is 2.02. The van der Waals surface area contributed by atoms with Crippen molar-refractivity contribution in [3.05, 3.63) is 0 Å². The van der Waals surface area contributed by atoms with Crippen molar-refractivity contribution < 1.29 is 19.1 Å². The number of thioether (sulfide) groups is 1. The molecule has 0 unspecified atom stereocenters. The second-order valence-corrected chi connectivity index (χ2v) is 3.06. The second-order valence-electron chi connectivity index (χ2n) is 2.18. The molecule has 76 valence electrons. The van der Waals surface area contributed by atoms with Crippen LogP contribution in [-0.2, 0) is 19.1 Å². The molecule has 13 heavy (non-hydrogen) atoms. The lowest BCUT2D eigenvalue weighted by molar-refractivity contribution is -0.141. The number of carbonyl (C=O) groups is 2. The first-order valence-electron chi connectivity index (χ1n) is 4.09. The molecule has 5 heteroatoms. The Bertz CT molecular complexity index is 152. The van der Waals surface area contributed by atoms with Gasteiger partial charge in [-0.15, -0.1) is 0 Å². The molecule has 0 N–H and O–H groups in total. The van der Waals surface area contributed by atoms with Gasteiger partial charge in [0.25, 0.3) is 0 Å². The maximum absolute atomic E-state index is 10.6. The van der Waals surface area contributed by atoms with Crippen LogP contribution in [0.3, 0.4) is 0 Å². The number of esters is 2. The van der Waals surface area contributed by atoms with E-state index in [0.29, 0.717) is 12.8 Å². The van der Waals surface area contributed by atoms with Crippen molar-refractivity contribution in [3.63, 3.8) is 0 Å². The van der Waals surface area contributed by atoms with Gasteiger partial charge in [-0.25, -0.2) is 0 Å². The van der Waals surface area contributed by atoms with Gasteiger partial charge in [-0.3, -0.25) is 9.59 Å². The minimum atomic E-state index is -0.241. The van der Waals surface area contributed by atoms with Crippen LogP contribution in [0.25, 0.3) is 0 Å².